The van der Waals surface area contributed by atoms with Gasteiger partial charge in [0.1, 0.15) is 11.7 Å². The molecule has 116 valence electrons. The highest BCUT2D eigenvalue weighted by molar-refractivity contribution is 5.95. The van der Waals surface area contributed by atoms with Crippen LogP contribution >= 0.6 is 0 Å². The Hall–Kier alpha value is -2.63. The number of aromatic amines is 1. The van der Waals surface area contributed by atoms with Crippen LogP contribution in [0.4, 0.5) is 0 Å². The monoisotopic (exact) mass is 301 g/mol. The molecule has 0 radical (unpaired) electrons. The Morgan fingerprint density at radius 3 is 2.55 bits per heavy atom. The fourth-order valence-electron chi connectivity index (χ4n) is 2.12. The van der Waals surface area contributed by atoms with Gasteiger partial charge in [-0.25, -0.2) is 4.79 Å². The van der Waals surface area contributed by atoms with Crippen LogP contribution in [0.3, 0.4) is 0 Å². The van der Waals surface area contributed by atoms with E-state index in [0.717, 1.165) is 5.56 Å². The number of hydrogen-bond acceptors (Lipinski definition) is 3. The number of aromatic nitrogens is 2. The van der Waals surface area contributed by atoms with E-state index in [0.29, 0.717) is 12.1 Å². The normalized spacial score (nSPS) is 12.1. The van der Waals surface area contributed by atoms with Gasteiger partial charge < -0.3 is 10.4 Å². The Balaban J connectivity index is 2.10. The van der Waals surface area contributed by atoms with Gasteiger partial charge in [-0.3, -0.25) is 9.89 Å². The van der Waals surface area contributed by atoms with Crippen LogP contribution in [0.25, 0.3) is 11.3 Å². The quantitative estimate of drug-likeness (QED) is 0.763. The molecule has 1 unspecified atom stereocenters. The highest BCUT2D eigenvalue weighted by Gasteiger charge is 2.22. The maximum Gasteiger partial charge on any atom is 0.326 e. The van der Waals surface area contributed by atoms with E-state index in [1.165, 1.54) is 0 Å². The average molecular weight is 301 g/mol. The standard InChI is InChI=1S/C16H19N3O3/c1-10(2)8-14(16(21)22)17-15(20)13-9-12(18-19-13)11-6-4-3-5-7-11/h3-7,9-10,14H,8H2,1-2H3,(H,17,20)(H,18,19)(H,21,22). The minimum atomic E-state index is -1.04. The lowest BCUT2D eigenvalue weighted by molar-refractivity contribution is -0.139. The number of H-pyrrole nitrogens is 1. The predicted molar refractivity (Wildman–Crippen MR) is 82.4 cm³/mol. The van der Waals surface area contributed by atoms with Crippen molar-refractivity contribution in [3.63, 3.8) is 0 Å². The third kappa shape index (κ3) is 3.94. The van der Waals surface area contributed by atoms with Crippen LogP contribution in [-0.2, 0) is 4.79 Å². The van der Waals surface area contributed by atoms with Crippen LogP contribution in [0.5, 0.6) is 0 Å². The number of nitrogens with zero attached hydrogens (tertiary/aromatic N) is 1. The number of aliphatic carboxylic acids is 1. The van der Waals surface area contributed by atoms with Gasteiger partial charge in [0.05, 0.1) is 5.69 Å². The van der Waals surface area contributed by atoms with E-state index < -0.39 is 17.9 Å². The Bertz CT molecular complexity index is 650. The van der Waals surface area contributed by atoms with Gasteiger partial charge in [-0.1, -0.05) is 44.2 Å². The molecule has 1 aromatic heterocycles. The molecule has 3 N–H and O–H groups in total. The molecule has 6 nitrogen and oxygen atoms in total. The molecule has 2 aromatic rings. The van der Waals surface area contributed by atoms with Gasteiger partial charge in [0.2, 0.25) is 0 Å². The van der Waals surface area contributed by atoms with Crippen molar-refractivity contribution in [2.45, 2.75) is 26.3 Å². The van der Waals surface area contributed by atoms with Gasteiger partial charge in [-0.2, -0.15) is 5.10 Å². The lowest BCUT2D eigenvalue weighted by Gasteiger charge is -2.15. The summed E-state index contributed by atoms with van der Waals surface area (Å²) in [6, 6.07) is 10.1. The maximum absolute atomic E-state index is 12.1. The van der Waals surface area contributed by atoms with Crippen LogP contribution in [0.2, 0.25) is 0 Å². The molecule has 22 heavy (non-hydrogen) atoms. The minimum absolute atomic E-state index is 0.169. The van der Waals surface area contributed by atoms with Crippen molar-refractivity contribution >= 4 is 11.9 Å². The number of benzene rings is 1. The highest BCUT2D eigenvalue weighted by Crippen LogP contribution is 2.17. The SMILES string of the molecule is CC(C)CC(NC(=O)c1cc(-c2ccccc2)n[nH]1)C(=O)O. The summed E-state index contributed by atoms with van der Waals surface area (Å²) >= 11 is 0. The van der Waals surface area contributed by atoms with E-state index in [2.05, 4.69) is 15.5 Å². The molecule has 0 spiro atoms. The summed E-state index contributed by atoms with van der Waals surface area (Å²) in [6.07, 6.45) is 0.376. The number of carboxylic acid groups (broad SMARTS) is 1. The minimum Gasteiger partial charge on any atom is -0.480 e. The second kappa shape index (κ2) is 6.89. The summed E-state index contributed by atoms with van der Waals surface area (Å²) in [6.45, 7) is 3.82. The third-order valence-electron chi connectivity index (χ3n) is 3.20. The van der Waals surface area contributed by atoms with Crippen LogP contribution in [0.1, 0.15) is 30.8 Å². The zero-order valence-electron chi connectivity index (χ0n) is 12.5. The van der Waals surface area contributed by atoms with Crippen LogP contribution in [-0.4, -0.2) is 33.2 Å². The lowest BCUT2D eigenvalue weighted by atomic mass is 10.0. The van der Waals surface area contributed by atoms with Crippen LogP contribution < -0.4 is 5.32 Å². The first kappa shape index (κ1) is 15.8. The molecule has 2 rings (SSSR count). The third-order valence-corrected chi connectivity index (χ3v) is 3.20. The van der Waals surface area contributed by atoms with Gasteiger partial charge in [-0.15, -0.1) is 0 Å². The Labute approximate surface area is 128 Å². The summed E-state index contributed by atoms with van der Waals surface area (Å²) < 4.78 is 0. The molecule has 0 aliphatic rings. The molecule has 0 fully saturated rings. The smallest absolute Gasteiger partial charge is 0.326 e. The molecule has 6 heteroatoms. The number of carbonyl (C=O) groups is 2. The first-order valence-corrected chi connectivity index (χ1v) is 7.12. The second-order valence-electron chi connectivity index (χ2n) is 5.53. The van der Waals surface area contributed by atoms with E-state index in [1.807, 2.05) is 44.2 Å². The largest absolute Gasteiger partial charge is 0.480 e. The van der Waals surface area contributed by atoms with E-state index in [4.69, 9.17) is 5.11 Å². The molecule has 0 aliphatic heterocycles. The molecule has 1 amide bonds. The van der Waals surface area contributed by atoms with Crippen molar-refractivity contribution in [2.75, 3.05) is 0 Å². The number of amides is 1. The van der Waals surface area contributed by atoms with E-state index in [-0.39, 0.29) is 11.6 Å². The van der Waals surface area contributed by atoms with Crippen LogP contribution in [0, 0.1) is 5.92 Å². The molecular weight excluding hydrogens is 282 g/mol. The number of carbonyl (C=O) groups excluding carboxylic acids is 1. The molecule has 0 bridgehead atoms. The second-order valence-corrected chi connectivity index (χ2v) is 5.53. The van der Waals surface area contributed by atoms with Crippen molar-refractivity contribution < 1.29 is 14.7 Å². The molecule has 1 aromatic carbocycles. The topological polar surface area (TPSA) is 95.1 Å². The van der Waals surface area contributed by atoms with E-state index in [9.17, 15) is 9.59 Å². The molecule has 0 saturated heterocycles. The van der Waals surface area contributed by atoms with Gasteiger partial charge in [-0.05, 0) is 18.4 Å². The summed E-state index contributed by atoms with van der Waals surface area (Å²) in [5, 5.41) is 18.4. The first-order chi connectivity index (χ1) is 10.5. The molecule has 0 saturated carbocycles. The summed E-state index contributed by atoms with van der Waals surface area (Å²) in [4.78, 5) is 23.3. The lowest BCUT2D eigenvalue weighted by Crippen LogP contribution is -2.41. The average Bonchev–Trinajstić information content (AvgIpc) is 2.96. The zero-order chi connectivity index (χ0) is 16.1. The van der Waals surface area contributed by atoms with Crippen molar-refractivity contribution in [1.82, 2.24) is 15.5 Å². The number of carboxylic acids is 1. The van der Waals surface area contributed by atoms with Gasteiger partial charge >= 0.3 is 5.97 Å². The van der Waals surface area contributed by atoms with Crippen LogP contribution in [0.15, 0.2) is 36.4 Å². The number of hydrogen-bond donors (Lipinski definition) is 3. The number of rotatable bonds is 6. The van der Waals surface area contributed by atoms with Crippen molar-refractivity contribution in [3.8, 4) is 11.3 Å². The first-order valence-electron chi connectivity index (χ1n) is 7.12. The predicted octanol–water partition coefficient (Wildman–Crippen LogP) is 2.31. The van der Waals surface area contributed by atoms with Crippen molar-refractivity contribution in [3.05, 3.63) is 42.1 Å². The number of nitrogens with one attached hydrogen (secondary N) is 2. The Morgan fingerprint density at radius 1 is 1.27 bits per heavy atom. The fourth-order valence-corrected chi connectivity index (χ4v) is 2.12. The molecule has 1 atom stereocenters. The van der Waals surface area contributed by atoms with Gasteiger partial charge in [0.15, 0.2) is 0 Å². The summed E-state index contributed by atoms with van der Waals surface area (Å²) in [7, 11) is 0. The van der Waals surface area contributed by atoms with Gasteiger partial charge in [0, 0.05) is 5.56 Å². The maximum atomic E-state index is 12.1. The molecule has 1 heterocycles. The van der Waals surface area contributed by atoms with E-state index >= 15 is 0 Å². The fraction of sp³-hybridized carbons (Fsp3) is 0.312. The van der Waals surface area contributed by atoms with Gasteiger partial charge in [0.25, 0.3) is 5.91 Å². The van der Waals surface area contributed by atoms with Crippen molar-refractivity contribution in [1.29, 1.82) is 0 Å². The Kier molecular flexibility index (Phi) is 4.93. The van der Waals surface area contributed by atoms with Crippen molar-refractivity contribution in [2.24, 2.45) is 5.92 Å². The molecular formula is C16H19N3O3. The Morgan fingerprint density at radius 2 is 1.95 bits per heavy atom. The highest BCUT2D eigenvalue weighted by atomic mass is 16.4. The summed E-state index contributed by atoms with van der Waals surface area (Å²) in [5.41, 5.74) is 1.77. The summed E-state index contributed by atoms with van der Waals surface area (Å²) in [5.74, 6) is -1.34. The zero-order valence-corrected chi connectivity index (χ0v) is 12.5. The molecule has 0 aliphatic carbocycles. The van der Waals surface area contributed by atoms with E-state index in [1.54, 1.807) is 6.07 Å².